The molecule has 0 aliphatic rings. The zero-order chi connectivity index (χ0) is 24.1. The number of rotatable bonds is 3. The summed E-state index contributed by atoms with van der Waals surface area (Å²) in [6.45, 7) is 26.6. The Balaban J connectivity index is 0.000000311. The highest BCUT2D eigenvalue weighted by Gasteiger charge is 2.18. The highest BCUT2D eigenvalue weighted by molar-refractivity contribution is 5.16. The fraction of sp³-hybridized carbons (Fsp3) is 0.679. The Morgan fingerprint density at radius 1 is 0.516 bits per heavy atom. The Hall–Kier alpha value is -1.77. The van der Waals surface area contributed by atoms with Crippen molar-refractivity contribution >= 4 is 0 Å². The van der Waals surface area contributed by atoms with Crippen LogP contribution in [0.2, 0.25) is 0 Å². The molecule has 2 rings (SSSR count). The van der Waals surface area contributed by atoms with Crippen LogP contribution in [0.4, 0.5) is 0 Å². The van der Waals surface area contributed by atoms with Gasteiger partial charge in [-0.2, -0.15) is 0 Å². The Labute approximate surface area is 192 Å². The molecule has 0 aliphatic carbocycles. The lowest BCUT2D eigenvalue weighted by Crippen LogP contribution is -2.17. The summed E-state index contributed by atoms with van der Waals surface area (Å²) in [5, 5.41) is 0. The van der Waals surface area contributed by atoms with E-state index in [2.05, 4.69) is 110 Å². The van der Waals surface area contributed by atoms with Gasteiger partial charge in [0.15, 0.2) is 0 Å². The third-order valence-electron chi connectivity index (χ3n) is 4.44. The van der Waals surface area contributed by atoms with Crippen LogP contribution in [0.3, 0.4) is 0 Å². The maximum atomic E-state index is 4.55. The summed E-state index contributed by atoms with van der Waals surface area (Å²) < 4.78 is 0. The van der Waals surface area contributed by atoms with Crippen molar-refractivity contribution < 1.29 is 0 Å². The number of nitrogens with zero attached hydrogens (tertiary/aromatic N) is 3. The van der Waals surface area contributed by atoms with Crippen LogP contribution < -0.4 is 0 Å². The van der Waals surface area contributed by atoms with Gasteiger partial charge < -0.3 is 0 Å². The summed E-state index contributed by atoms with van der Waals surface area (Å²) in [7, 11) is 0. The van der Waals surface area contributed by atoms with Gasteiger partial charge in [0, 0.05) is 29.7 Å². The molecule has 0 aliphatic heterocycles. The van der Waals surface area contributed by atoms with Gasteiger partial charge in [0.25, 0.3) is 0 Å². The van der Waals surface area contributed by atoms with Crippen LogP contribution in [-0.2, 0) is 24.7 Å². The third-order valence-corrected chi connectivity index (χ3v) is 4.44. The first-order valence-corrected chi connectivity index (χ1v) is 11.6. The standard InChI is InChI=1S/C15H25N.C13H22N2/c1-14(2,3)9-12-7-8-13(16-11-12)10-15(4,5)6;1-12(2,3)7-10-8-14-11(15-9-10)13(4,5)6/h7-8,11H,9-10H2,1-6H3;8-9H,7H2,1-6H3. The highest BCUT2D eigenvalue weighted by atomic mass is 14.9. The molecule has 0 amide bonds. The Morgan fingerprint density at radius 2 is 0.935 bits per heavy atom. The van der Waals surface area contributed by atoms with Crippen LogP contribution in [-0.4, -0.2) is 15.0 Å². The van der Waals surface area contributed by atoms with Crippen LogP contribution >= 0.6 is 0 Å². The van der Waals surface area contributed by atoms with E-state index in [0.717, 1.165) is 25.1 Å². The van der Waals surface area contributed by atoms with Gasteiger partial charge in [-0.1, -0.05) is 89.2 Å². The predicted octanol–water partition coefficient (Wildman–Crippen LogP) is 7.62. The van der Waals surface area contributed by atoms with E-state index in [9.17, 15) is 0 Å². The predicted molar refractivity (Wildman–Crippen MR) is 134 cm³/mol. The first-order chi connectivity index (χ1) is 13.8. The van der Waals surface area contributed by atoms with Crippen LogP contribution in [0.25, 0.3) is 0 Å². The Bertz CT molecular complexity index is 740. The average Bonchev–Trinajstić information content (AvgIpc) is 2.53. The zero-order valence-corrected chi connectivity index (χ0v) is 22.3. The molecular formula is C28H47N3. The van der Waals surface area contributed by atoms with Crippen molar-refractivity contribution in [1.82, 2.24) is 15.0 Å². The van der Waals surface area contributed by atoms with Crippen molar-refractivity contribution in [2.75, 3.05) is 0 Å². The fourth-order valence-electron chi connectivity index (χ4n) is 3.27. The number of hydrogen-bond acceptors (Lipinski definition) is 3. The minimum absolute atomic E-state index is 0.0419. The largest absolute Gasteiger partial charge is 0.261 e. The van der Waals surface area contributed by atoms with Crippen molar-refractivity contribution in [3.8, 4) is 0 Å². The maximum Gasteiger partial charge on any atom is 0.133 e. The van der Waals surface area contributed by atoms with Crippen LogP contribution in [0, 0.1) is 16.2 Å². The highest BCUT2D eigenvalue weighted by Crippen LogP contribution is 2.23. The van der Waals surface area contributed by atoms with E-state index in [1.54, 1.807) is 0 Å². The molecule has 2 aromatic rings. The van der Waals surface area contributed by atoms with Gasteiger partial charge in [0.05, 0.1) is 0 Å². The SMILES string of the molecule is CC(C)(C)Cc1ccc(CC(C)(C)C)nc1.CC(C)(C)Cc1cnc(C(C)(C)C)nc1. The molecular weight excluding hydrogens is 378 g/mol. The van der Waals surface area contributed by atoms with Gasteiger partial charge in [-0.05, 0) is 52.7 Å². The van der Waals surface area contributed by atoms with Crippen molar-refractivity contribution in [2.45, 2.75) is 108 Å². The number of pyridine rings is 1. The number of hydrogen-bond donors (Lipinski definition) is 0. The number of aromatic nitrogens is 3. The van der Waals surface area contributed by atoms with Gasteiger partial charge in [0.1, 0.15) is 5.82 Å². The molecule has 0 aromatic carbocycles. The monoisotopic (exact) mass is 425 g/mol. The fourth-order valence-corrected chi connectivity index (χ4v) is 3.27. The molecule has 2 aromatic heterocycles. The normalized spacial score (nSPS) is 12.9. The summed E-state index contributed by atoms with van der Waals surface area (Å²) in [6, 6.07) is 4.39. The lowest BCUT2D eigenvalue weighted by molar-refractivity contribution is 0.403. The zero-order valence-electron chi connectivity index (χ0n) is 22.3. The molecule has 0 radical (unpaired) electrons. The summed E-state index contributed by atoms with van der Waals surface area (Å²) in [5.41, 5.74) is 4.75. The van der Waals surface area contributed by atoms with Gasteiger partial charge >= 0.3 is 0 Å². The van der Waals surface area contributed by atoms with Gasteiger partial charge in [-0.3, -0.25) is 4.98 Å². The second-order valence-corrected chi connectivity index (χ2v) is 13.5. The molecule has 3 nitrogen and oxygen atoms in total. The molecule has 0 bridgehead atoms. The summed E-state index contributed by atoms with van der Waals surface area (Å²) in [4.78, 5) is 13.4. The van der Waals surface area contributed by atoms with Crippen molar-refractivity contribution in [2.24, 2.45) is 16.2 Å². The van der Waals surface area contributed by atoms with Crippen LogP contribution in [0.1, 0.15) is 106 Å². The average molecular weight is 426 g/mol. The first-order valence-electron chi connectivity index (χ1n) is 11.6. The Morgan fingerprint density at radius 3 is 1.29 bits per heavy atom. The van der Waals surface area contributed by atoms with Crippen molar-refractivity contribution in [3.63, 3.8) is 0 Å². The van der Waals surface area contributed by atoms with Crippen molar-refractivity contribution in [3.05, 3.63) is 53.4 Å². The second kappa shape index (κ2) is 10.2. The van der Waals surface area contributed by atoms with Crippen molar-refractivity contribution in [1.29, 1.82) is 0 Å². The van der Waals surface area contributed by atoms with E-state index < -0.39 is 0 Å². The summed E-state index contributed by atoms with van der Waals surface area (Å²) >= 11 is 0. The third kappa shape index (κ3) is 12.6. The molecule has 0 saturated heterocycles. The Kier molecular flexibility index (Phi) is 9.00. The summed E-state index contributed by atoms with van der Waals surface area (Å²) in [5.74, 6) is 0.917. The quantitative estimate of drug-likeness (QED) is 0.507. The minimum Gasteiger partial charge on any atom is -0.261 e. The van der Waals surface area contributed by atoms with Crippen LogP contribution in [0.5, 0.6) is 0 Å². The van der Waals surface area contributed by atoms with Gasteiger partial charge in [0.2, 0.25) is 0 Å². The molecule has 0 atom stereocenters. The van der Waals surface area contributed by atoms with Crippen LogP contribution in [0.15, 0.2) is 30.7 Å². The topological polar surface area (TPSA) is 38.7 Å². The van der Waals surface area contributed by atoms with E-state index in [4.69, 9.17) is 0 Å². The van der Waals surface area contributed by atoms with E-state index in [1.807, 2.05) is 18.6 Å². The lowest BCUT2D eigenvalue weighted by Gasteiger charge is -2.19. The van der Waals surface area contributed by atoms with Gasteiger partial charge in [-0.25, -0.2) is 9.97 Å². The van der Waals surface area contributed by atoms with E-state index in [1.165, 1.54) is 16.8 Å². The minimum atomic E-state index is 0.0419. The van der Waals surface area contributed by atoms with E-state index in [0.29, 0.717) is 16.2 Å². The second-order valence-electron chi connectivity index (χ2n) is 13.5. The molecule has 31 heavy (non-hydrogen) atoms. The molecule has 174 valence electrons. The molecule has 0 saturated carbocycles. The first kappa shape index (κ1) is 27.3. The molecule has 0 unspecified atom stereocenters. The molecule has 0 N–H and O–H groups in total. The smallest absolute Gasteiger partial charge is 0.133 e. The lowest BCUT2D eigenvalue weighted by atomic mass is 9.88. The molecule has 0 spiro atoms. The summed E-state index contributed by atoms with van der Waals surface area (Å²) in [6.07, 6.45) is 9.11. The molecule has 3 heteroatoms. The van der Waals surface area contributed by atoms with E-state index in [-0.39, 0.29) is 5.41 Å². The maximum absolute atomic E-state index is 4.55. The van der Waals surface area contributed by atoms with Gasteiger partial charge in [-0.15, -0.1) is 0 Å². The van der Waals surface area contributed by atoms with E-state index >= 15 is 0 Å². The molecule has 2 heterocycles. The molecule has 0 fully saturated rings.